The van der Waals surface area contributed by atoms with Crippen molar-refractivity contribution < 1.29 is 23.8 Å². The second-order valence-corrected chi connectivity index (χ2v) is 7.69. The first-order valence-electron chi connectivity index (χ1n) is 9.48. The summed E-state index contributed by atoms with van der Waals surface area (Å²) in [5.41, 5.74) is 3.10. The second-order valence-electron chi connectivity index (χ2n) is 7.69. The molecule has 1 aromatic carbocycles. The van der Waals surface area contributed by atoms with E-state index in [1.807, 2.05) is 6.07 Å². The number of hydrogen-bond acceptors (Lipinski definition) is 5. The number of aromatic hydroxyl groups is 1. The van der Waals surface area contributed by atoms with Gasteiger partial charge in [-0.2, -0.15) is 0 Å². The highest BCUT2D eigenvalue weighted by Gasteiger charge is 2.60. The van der Waals surface area contributed by atoms with E-state index >= 15 is 0 Å². The molecule has 3 unspecified atom stereocenters. The van der Waals surface area contributed by atoms with Crippen LogP contribution in [-0.4, -0.2) is 28.6 Å². The van der Waals surface area contributed by atoms with Crippen molar-refractivity contribution in [2.24, 2.45) is 11.8 Å². The Labute approximate surface area is 160 Å². The lowest BCUT2D eigenvalue weighted by atomic mass is 10.0. The van der Waals surface area contributed by atoms with Crippen LogP contribution in [0, 0.1) is 17.7 Å². The molecular formula is C21H19FN2O4. The molecule has 0 radical (unpaired) electrons. The highest BCUT2D eigenvalue weighted by molar-refractivity contribution is 5.92. The van der Waals surface area contributed by atoms with Crippen LogP contribution in [0.5, 0.6) is 5.75 Å². The van der Waals surface area contributed by atoms with Gasteiger partial charge in [-0.1, -0.05) is 6.07 Å². The van der Waals surface area contributed by atoms with Crippen molar-refractivity contribution >= 4 is 17.7 Å². The number of phenolic OH excluding ortho intramolecular Hbond substituents is 1. The van der Waals surface area contributed by atoms with Crippen LogP contribution in [0.15, 0.2) is 24.3 Å². The van der Waals surface area contributed by atoms with Gasteiger partial charge >= 0.3 is 5.97 Å². The van der Waals surface area contributed by atoms with Crippen molar-refractivity contribution in [1.82, 2.24) is 4.98 Å². The highest BCUT2D eigenvalue weighted by Crippen LogP contribution is 2.62. The van der Waals surface area contributed by atoms with Gasteiger partial charge in [0.1, 0.15) is 17.4 Å². The maximum atomic E-state index is 14.2. The molecule has 7 heteroatoms. The molecule has 2 aliphatic carbocycles. The third kappa shape index (κ3) is 2.82. The first-order chi connectivity index (χ1) is 13.5. The maximum Gasteiger partial charge on any atom is 0.309 e. The van der Waals surface area contributed by atoms with Crippen LogP contribution in [0.25, 0.3) is 0 Å². The van der Waals surface area contributed by atoms with Crippen molar-refractivity contribution in [3.8, 4) is 5.75 Å². The number of aromatic nitrogens is 1. The zero-order chi connectivity index (χ0) is 19.4. The number of amides is 1. The fraction of sp³-hybridized carbons (Fsp3) is 0.381. The molecule has 2 heterocycles. The zero-order valence-electron chi connectivity index (χ0n) is 15.1. The van der Waals surface area contributed by atoms with Crippen molar-refractivity contribution in [3.05, 3.63) is 52.5 Å². The predicted octanol–water partition coefficient (Wildman–Crippen LogP) is 2.48. The Bertz CT molecular complexity index is 1010. The van der Waals surface area contributed by atoms with Gasteiger partial charge in [-0.3, -0.25) is 9.59 Å². The van der Waals surface area contributed by atoms with E-state index in [1.54, 1.807) is 12.1 Å². The number of halogens is 1. The number of pyridine rings is 1. The topological polar surface area (TPSA) is 88.5 Å². The molecule has 6 nitrogen and oxygen atoms in total. The third-order valence-corrected chi connectivity index (χ3v) is 5.97. The van der Waals surface area contributed by atoms with Gasteiger partial charge in [-0.15, -0.1) is 0 Å². The Morgan fingerprint density at radius 1 is 1.32 bits per heavy atom. The lowest BCUT2D eigenvalue weighted by Crippen LogP contribution is -2.22. The molecule has 0 spiro atoms. The molecule has 5 rings (SSSR count). The Kier molecular flexibility index (Phi) is 3.86. The van der Waals surface area contributed by atoms with Gasteiger partial charge in [0, 0.05) is 30.0 Å². The summed E-state index contributed by atoms with van der Waals surface area (Å²) < 4.78 is 19.6. The smallest absolute Gasteiger partial charge is 0.309 e. The van der Waals surface area contributed by atoms with Crippen LogP contribution >= 0.6 is 0 Å². The number of carbonyl (C=O) groups excluding carboxylic acids is 2. The largest absolute Gasteiger partial charge is 0.508 e. The minimum absolute atomic E-state index is 0.112. The van der Waals surface area contributed by atoms with E-state index < -0.39 is 0 Å². The average Bonchev–Trinajstić information content (AvgIpc) is 3.25. The Morgan fingerprint density at radius 3 is 3.04 bits per heavy atom. The van der Waals surface area contributed by atoms with E-state index in [9.17, 15) is 19.1 Å². The summed E-state index contributed by atoms with van der Waals surface area (Å²) >= 11 is 0. The molecule has 2 N–H and O–H groups in total. The van der Waals surface area contributed by atoms with E-state index in [1.165, 1.54) is 11.6 Å². The first-order valence-corrected chi connectivity index (χ1v) is 9.48. The van der Waals surface area contributed by atoms with Crippen molar-refractivity contribution in [2.45, 2.75) is 31.6 Å². The molecule has 1 saturated carbocycles. The number of hydrogen-bond donors (Lipinski definition) is 2. The summed E-state index contributed by atoms with van der Waals surface area (Å²) in [4.78, 5) is 28.2. The Balaban J connectivity index is 1.20. The number of nitrogens with one attached hydrogen (secondary N) is 1. The van der Waals surface area contributed by atoms with Crippen molar-refractivity contribution in [2.75, 3.05) is 11.9 Å². The Morgan fingerprint density at radius 2 is 2.18 bits per heavy atom. The number of rotatable bonds is 4. The van der Waals surface area contributed by atoms with Gasteiger partial charge < -0.3 is 15.2 Å². The average molecular weight is 382 g/mol. The summed E-state index contributed by atoms with van der Waals surface area (Å²) in [5.74, 6) is -0.119. The van der Waals surface area contributed by atoms with Crippen LogP contribution in [0.2, 0.25) is 0 Å². The number of benzene rings is 1. The molecule has 2 aromatic rings. The molecule has 1 amide bonds. The number of carbonyl (C=O) groups is 2. The van der Waals surface area contributed by atoms with Gasteiger partial charge in [0.25, 0.3) is 0 Å². The van der Waals surface area contributed by atoms with E-state index in [0.29, 0.717) is 17.7 Å². The van der Waals surface area contributed by atoms with Crippen LogP contribution in [0.1, 0.15) is 34.7 Å². The summed E-state index contributed by atoms with van der Waals surface area (Å²) in [6, 6.07) is 6.66. The van der Waals surface area contributed by atoms with Gasteiger partial charge in [-0.05, 0) is 48.1 Å². The lowest BCUT2D eigenvalue weighted by Gasteiger charge is -2.17. The summed E-state index contributed by atoms with van der Waals surface area (Å²) in [6.07, 6.45) is 1.71. The van der Waals surface area contributed by atoms with Crippen LogP contribution in [0.3, 0.4) is 0 Å². The number of nitrogens with zero attached hydrogens (tertiary/aromatic N) is 1. The number of phenols is 1. The fourth-order valence-corrected chi connectivity index (χ4v) is 4.55. The molecule has 0 saturated heterocycles. The standard InChI is InChI=1S/C21H19FN2O4/c22-16-8-11(23-20-13(16)3-4-17(26)24-20)5-6-28-21(27)19-15-7-10-1-2-12(25)9-14(10)18(15)19/h1-2,8-9,15,18-19,25H,3-7H2,(H,23,24,26). The normalized spacial score (nSPS) is 24.0. The van der Waals surface area contributed by atoms with Crippen LogP contribution in [-0.2, 0) is 33.6 Å². The Hall–Kier alpha value is -2.96. The summed E-state index contributed by atoms with van der Waals surface area (Å²) in [5, 5.41) is 12.3. The summed E-state index contributed by atoms with van der Waals surface area (Å²) in [7, 11) is 0. The molecule has 144 valence electrons. The van der Waals surface area contributed by atoms with Gasteiger partial charge in [0.15, 0.2) is 0 Å². The van der Waals surface area contributed by atoms with Crippen molar-refractivity contribution in [3.63, 3.8) is 0 Å². The van der Waals surface area contributed by atoms with E-state index in [2.05, 4.69) is 10.3 Å². The molecule has 28 heavy (non-hydrogen) atoms. The minimum atomic E-state index is -0.389. The van der Waals surface area contributed by atoms with E-state index in [0.717, 1.165) is 12.0 Å². The monoisotopic (exact) mass is 382 g/mol. The van der Waals surface area contributed by atoms with Crippen LogP contribution in [0.4, 0.5) is 10.2 Å². The number of anilines is 1. The molecule has 0 bridgehead atoms. The number of ether oxygens (including phenoxy) is 1. The zero-order valence-corrected chi connectivity index (χ0v) is 15.1. The first kappa shape index (κ1) is 17.2. The highest BCUT2D eigenvalue weighted by atomic mass is 19.1. The third-order valence-electron chi connectivity index (χ3n) is 5.97. The van der Waals surface area contributed by atoms with E-state index in [4.69, 9.17) is 4.74 Å². The molecular weight excluding hydrogens is 363 g/mol. The molecule has 1 aliphatic heterocycles. The predicted molar refractivity (Wildman–Crippen MR) is 97.3 cm³/mol. The van der Waals surface area contributed by atoms with Gasteiger partial charge in [0.2, 0.25) is 5.91 Å². The van der Waals surface area contributed by atoms with Crippen molar-refractivity contribution in [1.29, 1.82) is 0 Å². The quantitative estimate of drug-likeness (QED) is 0.793. The maximum absolute atomic E-state index is 14.2. The lowest BCUT2D eigenvalue weighted by molar-refractivity contribution is -0.145. The van der Waals surface area contributed by atoms with Gasteiger partial charge in [0.05, 0.1) is 12.5 Å². The SMILES string of the molecule is O=C1CCc2c(F)cc(CCOC(=O)C3C4Cc5ccc(O)cc5C43)nc2N1. The number of fused-ring (bicyclic) bond motifs is 4. The minimum Gasteiger partial charge on any atom is -0.508 e. The van der Waals surface area contributed by atoms with Crippen LogP contribution < -0.4 is 5.32 Å². The number of esters is 1. The molecule has 3 atom stereocenters. The molecule has 3 aliphatic rings. The second kappa shape index (κ2) is 6.29. The fourth-order valence-electron chi connectivity index (χ4n) is 4.55. The van der Waals surface area contributed by atoms with Gasteiger partial charge in [-0.25, -0.2) is 9.37 Å². The summed E-state index contributed by atoms with van der Waals surface area (Å²) in [6.45, 7) is 0.112. The molecule has 1 aromatic heterocycles. The van der Waals surface area contributed by atoms with E-state index in [-0.39, 0.29) is 66.5 Å². The molecule has 1 fully saturated rings.